The Hall–Kier alpha value is -1.97. The van der Waals surface area contributed by atoms with E-state index in [2.05, 4.69) is 0 Å². The molecule has 0 fully saturated rings. The third-order valence-electron chi connectivity index (χ3n) is 2.49. The summed E-state index contributed by atoms with van der Waals surface area (Å²) in [6, 6.07) is 6.58. The van der Waals surface area contributed by atoms with Crippen molar-refractivity contribution in [2.75, 3.05) is 0 Å². The van der Waals surface area contributed by atoms with Gasteiger partial charge in [0, 0.05) is 18.7 Å². The third kappa shape index (κ3) is 1.62. The van der Waals surface area contributed by atoms with Crippen LogP contribution in [0.1, 0.15) is 10.5 Å². The van der Waals surface area contributed by atoms with E-state index in [0.717, 1.165) is 6.07 Å². The second-order valence-electron chi connectivity index (χ2n) is 3.44. The van der Waals surface area contributed by atoms with E-state index in [4.69, 9.17) is 0 Å². The van der Waals surface area contributed by atoms with E-state index in [-0.39, 0.29) is 5.56 Å². The molecule has 0 radical (unpaired) electrons. The van der Waals surface area contributed by atoms with E-state index in [0.29, 0.717) is 17.7 Å². The first-order valence-electron chi connectivity index (χ1n) is 4.70. The Morgan fingerprint density at radius 1 is 1.19 bits per heavy atom. The number of rotatable bonds is 2. The molecule has 0 saturated carbocycles. The van der Waals surface area contributed by atoms with E-state index < -0.39 is 11.6 Å². The summed E-state index contributed by atoms with van der Waals surface area (Å²) >= 11 is 0. The van der Waals surface area contributed by atoms with Gasteiger partial charge >= 0.3 is 0 Å². The summed E-state index contributed by atoms with van der Waals surface area (Å²) in [5.41, 5.74) is 1.26. The largest absolute Gasteiger partial charge is 0.341 e. The van der Waals surface area contributed by atoms with Gasteiger partial charge in [-0.25, -0.2) is 8.78 Å². The Bertz CT molecular complexity index is 546. The van der Waals surface area contributed by atoms with E-state index in [1.54, 1.807) is 23.7 Å². The fourth-order valence-electron chi connectivity index (χ4n) is 1.61. The quantitative estimate of drug-likeness (QED) is 0.715. The van der Waals surface area contributed by atoms with E-state index >= 15 is 0 Å². The highest BCUT2D eigenvalue weighted by Gasteiger charge is 2.11. The highest BCUT2D eigenvalue weighted by atomic mass is 19.1. The molecule has 2 nitrogen and oxygen atoms in total. The van der Waals surface area contributed by atoms with Crippen LogP contribution < -0.4 is 0 Å². The van der Waals surface area contributed by atoms with Gasteiger partial charge in [0.05, 0.1) is 11.4 Å². The minimum Gasteiger partial charge on any atom is -0.341 e. The number of hydrogen-bond donors (Lipinski definition) is 0. The van der Waals surface area contributed by atoms with Crippen molar-refractivity contribution in [1.82, 2.24) is 4.57 Å². The van der Waals surface area contributed by atoms with Crippen LogP contribution in [-0.2, 0) is 7.05 Å². The van der Waals surface area contributed by atoms with Crippen LogP contribution in [0.3, 0.4) is 0 Å². The molecule has 0 saturated heterocycles. The molecule has 0 bridgehead atoms. The van der Waals surface area contributed by atoms with Crippen LogP contribution in [0.25, 0.3) is 11.3 Å². The Morgan fingerprint density at radius 2 is 1.94 bits per heavy atom. The molecule has 1 aromatic carbocycles. The number of carbonyl (C=O) groups excluding carboxylic acids is 1. The number of halogens is 2. The maximum Gasteiger partial charge on any atom is 0.166 e. The normalized spacial score (nSPS) is 10.4. The first-order chi connectivity index (χ1) is 7.63. The number of nitrogens with zero attached hydrogens (tertiary/aromatic N) is 1. The number of hydrogen-bond acceptors (Lipinski definition) is 1. The van der Waals surface area contributed by atoms with Crippen LogP contribution in [0.4, 0.5) is 8.78 Å². The van der Waals surface area contributed by atoms with Crippen molar-refractivity contribution >= 4 is 6.29 Å². The average Bonchev–Trinajstić information content (AvgIpc) is 2.60. The van der Waals surface area contributed by atoms with Crippen LogP contribution in [-0.4, -0.2) is 10.9 Å². The van der Waals surface area contributed by atoms with Crippen molar-refractivity contribution in [2.45, 2.75) is 0 Å². The Kier molecular flexibility index (Phi) is 2.56. The third-order valence-corrected chi connectivity index (χ3v) is 2.49. The fourth-order valence-corrected chi connectivity index (χ4v) is 1.61. The maximum absolute atomic E-state index is 13.5. The number of aromatic nitrogens is 1. The summed E-state index contributed by atoms with van der Waals surface area (Å²) in [7, 11) is 1.65. The van der Waals surface area contributed by atoms with Crippen LogP contribution in [0, 0.1) is 11.6 Å². The maximum atomic E-state index is 13.5. The van der Waals surface area contributed by atoms with Crippen molar-refractivity contribution in [3.8, 4) is 11.3 Å². The smallest absolute Gasteiger partial charge is 0.166 e. The first kappa shape index (κ1) is 10.5. The van der Waals surface area contributed by atoms with Crippen molar-refractivity contribution in [3.63, 3.8) is 0 Å². The number of benzene rings is 1. The molecule has 0 atom stereocenters. The van der Waals surface area contributed by atoms with Gasteiger partial charge < -0.3 is 4.57 Å². The summed E-state index contributed by atoms with van der Waals surface area (Å²) in [5, 5.41) is 0. The highest BCUT2D eigenvalue weighted by Crippen LogP contribution is 2.24. The zero-order valence-corrected chi connectivity index (χ0v) is 8.58. The van der Waals surface area contributed by atoms with Crippen molar-refractivity contribution in [1.29, 1.82) is 0 Å². The molecule has 0 amide bonds. The second kappa shape index (κ2) is 3.89. The molecule has 0 N–H and O–H groups in total. The van der Waals surface area contributed by atoms with Gasteiger partial charge in [-0.15, -0.1) is 0 Å². The van der Waals surface area contributed by atoms with E-state index in [9.17, 15) is 13.6 Å². The van der Waals surface area contributed by atoms with Crippen LogP contribution >= 0.6 is 0 Å². The van der Waals surface area contributed by atoms with Gasteiger partial charge in [0.1, 0.15) is 11.6 Å². The molecular formula is C12H9F2NO. The lowest BCUT2D eigenvalue weighted by atomic mass is 10.1. The topological polar surface area (TPSA) is 22.0 Å². The molecule has 0 spiro atoms. The number of carbonyl (C=O) groups is 1. The molecule has 1 heterocycles. The molecule has 1 aromatic heterocycles. The molecule has 0 aliphatic carbocycles. The summed E-state index contributed by atoms with van der Waals surface area (Å²) in [5.74, 6) is -1.26. The number of aldehydes is 1. The highest BCUT2D eigenvalue weighted by molar-refractivity contribution is 5.76. The zero-order valence-electron chi connectivity index (χ0n) is 8.58. The molecule has 4 heteroatoms. The van der Waals surface area contributed by atoms with Crippen molar-refractivity contribution < 1.29 is 13.6 Å². The van der Waals surface area contributed by atoms with Gasteiger partial charge in [0.25, 0.3) is 0 Å². The molecule has 0 unspecified atom stereocenters. The lowest BCUT2D eigenvalue weighted by Crippen LogP contribution is -1.98. The van der Waals surface area contributed by atoms with Gasteiger partial charge in [-0.2, -0.15) is 0 Å². The van der Waals surface area contributed by atoms with Crippen molar-refractivity contribution in [2.24, 2.45) is 7.05 Å². The van der Waals surface area contributed by atoms with Crippen LogP contribution in [0.2, 0.25) is 0 Å². The molecule has 0 aliphatic rings. The standard InChI is InChI=1S/C12H9F2NO/c1-15-9(7-16)3-5-12(15)10-4-2-8(13)6-11(10)14/h2-7H,1H3. The van der Waals surface area contributed by atoms with Gasteiger partial charge in [-0.1, -0.05) is 0 Å². The molecule has 2 rings (SSSR count). The lowest BCUT2D eigenvalue weighted by molar-refractivity contribution is 0.111. The summed E-state index contributed by atoms with van der Waals surface area (Å²) in [6.45, 7) is 0. The molecular weight excluding hydrogens is 212 g/mol. The van der Waals surface area contributed by atoms with Gasteiger partial charge in [-0.05, 0) is 24.3 Å². The fraction of sp³-hybridized carbons (Fsp3) is 0.0833. The van der Waals surface area contributed by atoms with E-state index in [1.807, 2.05) is 0 Å². The summed E-state index contributed by atoms with van der Waals surface area (Å²) < 4.78 is 27.8. The monoisotopic (exact) mass is 221 g/mol. The molecule has 16 heavy (non-hydrogen) atoms. The SMILES string of the molecule is Cn1c(C=O)ccc1-c1ccc(F)cc1F. The molecule has 2 aromatic rings. The van der Waals surface area contributed by atoms with Gasteiger partial charge in [0.2, 0.25) is 0 Å². The lowest BCUT2D eigenvalue weighted by Gasteiger charge is -2.06. The predicted octanol–water partition coefficient (Wildman–Crippen LogP) is 2.78. The minimum atomic E-state index is -0.640. The minimum absolute atomic E-state index is 0.275. The molecule has 82 valence electrons. The Morgan fingerprint density at radius 3 is 2.50 bits per heavy atom. The van der Waals surface area contributed by atoms with Gasteiger partial charge in [-0.3, -0.25) is 4.79 Å². The summed E-state index contributed by atoms with van der Waals surface area (Å²) in [4.78, 5) is 10.6. The molecule has 0 aliphatic heterocycles. The van der Waals surface area contributed by atoms with Crippen molar-refractivity contribution in [3.05, 3.63) is 47.7 Å². The summed E-state index contributed by atoms with van der Waals surface area (Å²) in [6.07, 6.45) is 0.685. The Balaban J connectivity index is 2.58. The Labute approximate surface area is 91.1 Å². The van der Waals surface area contributed by atoms with Crippen LogP contribution in [0.15, 0.2) is 30.3 Å². The van der Waals surface area contributed by atoms with E-state index in [1.165, 1.54) is 12.1 Å². The second-order valence-corrected chi connectivity index (χ2v) is 3.44. The first-order valence-corrected chi connectivity index (χ1v) is 4.70. The van der Waals surface area contributed by atoms with Gasteiger partial charge in [0.15, 0.2) is 6.29 Å². The average molecular weight is 221 g/mol. The zero-order chi connectivity index (χ0) is 11.7. The van der Waals surface area contributed by atoms with Crippen LogP contribution in [0.5, 0.6) is 0 Å². The predicted molar refractivity (Wildman–Crippen MR) is 56.2 cm³/mol.